The highest BCUT2D eigenvalue weighted by atomic mass is 19.1. The van der Waals surface area contributed by atoms with Crippen molar-refractivity contribution >= 4 is 28.5 Å². The average molecular weight is 511 g/mol. The van der Waals surface area contributed by atoms with Crippen LogP contribution in [0.5, 0.6) is 0 Å². The van der Waals surface area contributed by atoms with Gasteiger partial charge in [-0.15, -0.1) is 0 Å². The normalized spacial score (nSPS) is 14.6. The fourth-order valence-electron chi connectivity index (χ4n) is 4.72. The smallest absolute Gasteiger partial charge is 0.229 e. The van der Waals surface area contributed by atoms with E-state index in [1.54, 1.807) is 16.8 Å². The molecule has 1 aromatic carbocycles. The molecule has 1 fully saturated rings. The van der Waals surface area contributed by atoms with E-state index in [9.17, 15) is 13.2 Å². The standard InChI is InChI=1S/C26H29F3N8/c1-4-35-7-9-36(10-8-35)18-5-6-22(30-14-18)32-26-31-15-20(29)24(34-26)17-11-19(28)25-21(12-17)37(16(2)3)23(13-27)33-25/h5-6,11-12,14-16H,4,7-10,13H2,1-3H3,(H,30,31,32,34). The van der Waals surface area contributed by atoms with Crippen molar-refractivity contribution in [3.05, 3.63) is 54.1 Å². The van der Waals surface area contributed by atoms with E-state index < -0.39 is 18.3 Å². The molecule has 37 heavy (non-hydrogen) atoms. The lowest BCUT2D eigenvalue weighted by Gasteiger charge is -2.35. The number of rotatable bonds is 7. The summed E-state index contributed by atoms with van der Waals surface area (Å²) in [6, 6.07) is 6.36. The second kappa shape index (κ2) is 10.3. The van der Waals surface area contributed by atoms with Crippen LogP contribution in [0.15, 0.2) is 36.7 Å². The van der Waals surface area contributed by atoms with Crippen LogP contribution >= 0.6 is 0 Å². The van der Waals surface area contributed by atoms with Gasteiger partial charge in [0.15, 0.2) is 11.6 Å². The minimum atomic E-state index is -0.835. The summed E-state index contributed by atoms with van der Waals surface area (Å²) in [6.07, 6.45) is 2.81. The molecular weight excluding hydrogens is 481 g/mol. The quantitative estimate of drug-likeness (QED) is 0.371. The molecule has 1 aliphatic rings. The molecule has 0 radical (unpaired) electrons. The number of nitrogens with zero attached hydrogens (tertiary/aromatic N) is 7. The van der Waals surface area contributed by atoms with Crippen LogP contribution < -0.4 is 10.2 Å². The minimum Gasteiger partial charge on any atom is -0.368 e. The number of fused-ring (bicyclic) bond motifs is 1. The fourth-order valence-corrected chi connectivity index (χ4v) is 4.72. The zero-order chi connectivity index (χ0) is 26.1. The Hall–Kier alpha value is -3.73. The topological polar surface area (TPSA) is 75.0 Å². The number of piperazine rings is 1. The fraction of sp³-hybridized carbons (Fsp3) is 0.385. The van der Waals surface area contributed by atoms with Crippen LogP contribution in [0.1, 0.15) is 32.6 Å². The van der Waals surface area contributed by atoms with Crippen LogP contribution in [0.4, 0.5) is 30.6 Å². The van der Waals surface area contributed by atoms with Crippen molar-refractivity contribution < 1.29 is 13.2 Å². The van der Waals surface area contributed by atoms with Crippen molar-refractivity contribution in [2.75, 3.05) is 42.9 Å². The van der Waals surface area contributed by atoms with E-state index in [0.29, 0.717) is 11.3 Å². The second-order valence-electron chi connectivity index (χ2n) is 9.29. The SMILES string of the molecule is CCN1CCN(c2ccc(Nc3ncc(F)c(-c4cc(F)c5nc(CF)n(C(C)C)c5c4)n3)nc2)CC1. The molecule has 1 N–H and O–H groups in total. The van der Waals surface area contributed by atoms with E-state index in [4.69, 9.17) is 0 Å². The predicted octanol–water partition coefficient (Wildman–Crippen LogP) is 5.10. The molecule has 8 nitrogen and oxygen atoms in total. The van der Waals surface area contributed by atoms with Crippen LogP contribution in [0.3, 0.4) is 0 Å². The first-order valence-corrected chi connectivity index (χ1v) is 12.4. The third kappa shape index (κ3) is 4.95. The molecule has 0 saturated carbocycles. The summed E-state index contributed by atoms with van der Waals surface area (Å²) in [5.41, 5.74) is 1.57. The number of hydrogen-bond donors (Lipinski definition) is 1. The van der Waals surface area contributed by atoms with Gasteiger partial charge in [-0.3, -0.25) is 0 Å². The van der Waals surface area contributed by atoms with E-state index in [0.717, 1.165) is 50.7 Å². The summed E-state index contributed by atoms with van der Waals surface area (Å²) in [7, 11) is 0. The van der Waals surface area contributed by atoms with Crippen LogP contribution in [0.2, 0.25) is 0 Å². The molecule has 0 spiro atoms. The van der Waals surface area contributed by atoms with Gasteiger partial charge >= 0.3 is 0 Å². The lowest BCUT2D eigenvalue weighted by Crippen LogP contribution is -2.46. The maximum Gasteiger partial charge on any atom is 0.229 e. The summed E-state index contributed by atoms with van der Waals surface area (Å²) < 4.78 is 44.9. The Balaban J connectivity index is 1.41. The number of pyridine rings is 1. The Kier molecular flexibility index (Phi) is 6.96. The lowest BCUT2D eigenvalue weighted by molar-refractivity contribution is 0.271. The van der Waals surface area contributed by atoms with Gasteiger partial charge in [0.25, 0.3) is 0 Å². The van der Waals surface area contributed by atoms with Crippen molar-refractivity contribution in [3.63, 3.8) is 0 Å². The number of benzene rings is 1. The third-order valence-corrected chi connectivity index (χ3v) is 6.65. The van der Waals surface area contributed by atoms with Gasteiger partial charge in [-0.25, -0.2) is 33.1 Å². The second-order valence-corrected chi connectivity index (χ2v) is 9.29. The van der Waals surface area contributed by atoms with Crippen molar-refractivity contribution in [1.82, 2.24) is 29.4 Å². The average Bonchev–Trinajstić information content (AvgIpc) is 3.30. The highest BCUT2D eigenvalue weighted by Gasteiger charge is 2.20. The molecule has 4 aromatic rings. The number of halogens is 3. The molecule has 0 unspecified atom stereocenters. The first kappa shape index (κ1) is 24.9. The summed E-state index contributed by atoms with van der Waals surface area (Å²) in [5.74, 6) is -0.643. The molecule has 0 amide bonds. The summed E-state index contributed by atoms with van der Waals surface area (Å²) >= 11 is 0. The highest BCUT2D eigenvalue weighted by Crippen LogP contribution is 2.31. The van der Waals surface area contributed by atoms with Gasteiger partial charge in [0.05, 0.1) is 23.6 Å². The molecule has 1 aliphatic heterocycles. The van der Waals surface area contributed by atoms with Crippen LogP contribution in [-0.2, 0) is 6.67 Å². The number of alkyl halides is 1. The van der Waals surface area contributed by atoms with E-state index >= 15 is 0 Å². The third-order valence-electron chi connectivity index (χ3n) is 6.65. The van der Waals surface area contributed by atoms with E-state index in [1.165, 1.54) is 0 Å². The largest absolute Gasteiger partial charge is 0.368 e. The molecule has 3 aromatic heterocycles. The van der Waals surface area contributed by atoms with Crippen molar-refractivity contribution in [3.8, 4) is 11.3 Å². The maximum absolute atomic E-state index is 14.9. The first-order valence-electron chi connectivity index (χ1n) is 12.4. The zero-order valence-corrected chi connectivity index (χ0v) is 21.0. The minimum absolute atomic E-state index is 0.0401. The molecule has 0 bridgehead atoms. The Labute approximate surface area is 213 Å². The van der Waals surface area contributed by atoms with Crippen molar-refractivity contribution in [1.29, 1.82) is 0 Å². The molecule has 0 aliphatic carbocycles. The van der Waals surface area contributed by atoms with E-state index in [2.05, 4.69) is 42.0 Å². The molecular formula is C26H29F3N8. The number of aromatic nitrogens is 5. The van der Waals surface area contributed by atoms with Gasteiger partial charge in [-0.1, -0.05) is 6.92 Å². The highest BCUT2D eigenvalue weighted by molar-refractivity contribution is 5.83. The van der Waals surface area contributed by atoms with Gasteiger partial charge in [-0.05, 0) is 44.7 Å². The maximum atomic E-state index is 14.9. The van der Waals surface area contributed by atoms with Gasteiger partial charge in [0.1, 0.15) is 29.5 Å². The van der Waals surface area contributed by atoms with E-state index in [-0.39, 0.29) is 34.6 Å². The summed E-state index contributed by atoms with van der Waals surface area (Å²) in [6.45, 7) is 9.99. The number of hydrogen-bond acceptors (Lipinski definition) is 7. The number of anilines is 3. The summed E-state index contributed by atoms with van der Waals surface area (Å²) in [5, 5.41) is 2.99. The Bertz CT molecular complexity index is 1400. The predicted molar refractivity (Wildman–Crippen MR) is 138 cm³/mol. The van der Waals surface area contributed by atoms with Gasteiger partial charge in [0, 0.05) is 37.8 Å². The van der Waals surface area contributed by atoms with Crippen molar-refractivity contribution in [2.24, 2.45) is 0 Å². The zero-order valence-electron chi connectivity index (χ0n) is 21.0. The van der Waals surface area contributed by atoms with Gasteiger partial charge in [0.2, 0.25) is 5.95 Å². The van der Waals surface area contributed by atoms with Crippen LogP contribution in [0, 0.1) is 11.6 Å². The van der Waals surface area contributed by atoms with Gasteiger partial charge < -0.3 is 19.7 Å². The number of nitrogens with one attached hydrogen (secondary N) is 1. The Morgan fingerprint density at radius 3 is 2.41 bits per heavy atom. The van der Waals surface area contributed by atoms with Gasteiger partial charge in [-0.2, -0.15) is 0 Å². The first-order chi connectivity index (χ1) is 17.9. The number of imidazole rings is 1. The monoisotopic (exact) mass is 510 g/mol. The Morgan fingerprint density at radius 1 is 0.973 bits per heavy atom. The van der Waals surface area contributed by atoms with Crippen LogP contribution in [0.25, 0.3) is 22.3 Å². The molecule has 11 heteroatoms. The molecule has 194 valence electrons. The van der Waals surface area contributed by atoms with E-state index in [1.807, 2.05) is 26.0 Å². The Morgan fingerprint density at radius 2 is 1.76 bits per heavy atom. The molecule has 1 saturated heterocycles. The lowest BCUT2D eigenvalue weighted by atomic mass is 10.1. The summed E-state index contributed by atoms with van der Waals surface area (Å²) in [4.78, 5) is 21.6. The number of likely N-dealkylation sites (N-methyl/N-ethyl adjacent to an activating group) is 1. The van der Waals surface area contributed by atoms with Crippen molar-refractivity contribution in [2.45, 2.75) is 33.5 Å². The van der Waals surface area contributed by atoms with Crippen LogP contribution in [-0.4, -0.2) is 62.1 Å². The molecule has 4 heterocycles. The molecule has 0 atom stereocenters. The molecule has 5 rings (SSSR count).